The van der Waals surface area contributed by atoms with Crippen LogP contribution >= 0.6 is 11.6 Å². The van der Waals surface area contributed by atoms with Gasteiger partial charge in [0.1, 0.15) is 11.3 Å². The Kier molecular flexibility index (Phi) is 5.88. The molecule has 0 fully saturated rings. The highest BCUT2D eigenvalue weighted by atomic mass is 35.5. The van der Waals surface area contributed by atoms with Gasteiger partial charge in [0.15, 0.2) is 0 Å². The van der Waals surface area contributed by atoms with E-state index >= 15 is 0 Å². The van der Waals surface area contributed by atoms with Crippen LogP contribution in [0.1, 0.15) is 69.3 Å². The fourth-order valence-corrected chi connectivity index (χ4v) is 3.57. The summed E-state index contributed by atoms with van der Waals surface area (Å²) in [5, 5.41) is 4.80. The summed E-state index contributed by atoms with van der Waals surface area (Å²) >= 11 is 6.28. The van der Waals surface area contributed by atoms with Crippen molar-refractivity contribution in [2.75, 3.05) is 0 Å². The Labute approximate surface area is 148 Å². The van der Waals surface area contributed by atoms with Gasteiger partial charge in [-0.2, -0.15) is 5.10 Å². The summed E-state index contributed by atoms with van der Waals surface area (Å²) in [5.74, 6) is 0. The Morgan fingerprint density at radius 2 is 2.04 bits per heavy atom. The highest BCUT2D eigenvalue weighted by Crippen LogP contribution is 2.37. The number of unbranched alkanes of at least 4 members (excludes halogenated alkanes) is 5. The van der Waals surface area contributed by atoms with Crippen LogP contribution < -0.4 is 0 Å². The summed E-state index contributed by atoms with van der Waals surface area (Å²) in [5.41, 5.74) is 3.32. The van der Waals surface area contributed by atoms with E-state index in [0.717, 1.165) is 36.1 Å². The Morgan fingerprint density at radius 1 is 1.25 bits per heavy atom. The van der Waals surface area contributed by atoms with Crippen molar-refractivity contribution < 1.29 is 4.39 Å². The van der Waals surface area contributed by atoms with E-state index in [9.17, 15) is 4.39 Å². The van der Waals surface area contributed by atoms with Gasteiger partial charge in [0, 0.05) is 23.9 Å². The van der Waals surface area contributed by atoms with Crippen molar-refractivity contribution in [3.05, 3.63) is 34.9 Å². The second-order valence-corrected chi connectivity index (χ2v) is 7.00. The van der Waals surface area contributed by atoms with Crippen molar-refractivity contribution in [2.45, 2.75) is 71.0 Å². The van der Waals surface area contributed by atoms with E-state index in [1.807, 2.05) is 23.1 Å². The van der Waals surface area contributed by atoms with E-state index in [2.05, 4.69) is 17.0 Å². The smallest absolute Gasteiger partial charge is 0.143 e. The monoisotopic (exact) mass is 349 g/mol. The van der Waals surface area contributed by atoms with Crippen molar-refractivity contribution >= 4 is 11.6 Å². The van der Waals surface area contributed by atoms with Crippen LogP contribution in [-0.2, 0) is 13.0 Å². The van der Waals surface area contributed by atoms with Gasteiger partial charge in [-0.15, -0.1) is 0 Å². The maximum atomic E-state index is 13.7. The number of fused-ring (bicyclic) bond motifs is 1. The quantitative estimate of drug-likeness (QED) is 0.437. The molecular formula is C19H25ClFN3. The lowest BCUT2D eigenvalue weighted by atomic mass is 10.1. The number of aryl methyl sites for hydroxylation is 2. The fourth-order valence-electron chi connectivity index (χ4n) is 3.32. The molecular weight excluding hydrogens is 325 g/mol. The first-order valence-corrected chi connectivity index (χ1v) is 9.43. The molecule has 1 atom stereocenters. The molecule has 130 valence electrons. The summed E-state index contributed by atoms with van der Waals surface area (Å²) in [7, 11) is 0. The molecule has 0 bridgehead atoms. The highest BCUT2D eigenvalue weighted by molar-refractivity contribution is 6.32. The van der Waals surface area contributed by atoms with Gasteiger partial charge in [-0.05, 0) is 30.9 Å². The van der Waals surface area contributed by atoms with Gasteiger partial charge in [-0.3, -0.25) is 4.68 Å². The SMILES string of the molecule is CCCCCCCCn1cc(-c2cc3c(nc2Cl)C(F)CC3)cn1. The number of halogens is 2. The fraction of sp³-hybridized carbons (Fsp3) is 0.579. The van der Waals surface area contributed by atoms with Crippen molar-refractivity contribution in [3.8, 4) is 11.1 Å². The van der Waals surface area contributed by atoms with Crippen LogP contribution in [0.3, 0.4) is 0 Å². The van der Waals surface area contributed by atoms with E-state index in [0.29, 0.717) is 17.3 Å². The Hall–Kier alpha value is -1.42. The number of hydrogen-bond acceptors (Lipinski definition) is 2. The largest absolute Gasteiger partial charge is 0.272 e. The molecule has 0 spiro atoms. The zero-order chi connectivity index (χ0) is 16.9. The van der Waals surface area contributed by atoms with Crippen molar-refractivity contribution in [3.63, 3.8) is 0 Å². The maximum Gasteiger partial charge on any atom is 0.143 e. The standard InChI is InChI=1S/C19H25ClFN3/c1-2-3-4-5-6-7-10-24-13-15(12-22-24)16-11-14-8-9-17(21)18(14)23-19(16)20/h11-13,17H,2-10H2,1H3. The average Bonchev–Trinajstić information content (AvgIpc) is 3.18. The molecule has 0 radical (unpaired) electrons. The number of hydrogen-bond donors (Lipinski definition) is 0. The Bertz CT molecular complexity index is 683. The molecule has 0 saturated heterocycles. The number of aromatic nitrogens is 3. The van der Waals surface area contributed by atoms with Crippen LogP contribution in [0.2, 0.25) is 5.15 Å². The molecule has 2 aromatic heterocycles. The van der Waals surface area contributed by atoms with Gasteiger partial charge in [0.05, 0.1) is 11.9 Å². The average molecular weight is 350 g/mol. The molecule has 3 nitrogen and oxygen atoms in total. The lowest BCUT2D eigenvalue weighted by Crippen LogP contribution is -1.98. The minimum Gasteiger partial charge on any atom is -0.272 e. The van der Waals surface area contributed by atoms with Crippen LogP contribution in [0.5, 0.6) is 0 Å². The summed E-state index contributed by atoms with van der Waals surface area (Å²) in [4.78, 5) is 4.28. The lowest BCUT2D eigenvalue weighted by Gasteiger charge is -2.06. The first-order valence-electron chi connectivity index (χ1n) is 9.05. The van der Waals surface area contributed by atoms with Gasteiger partial charge in [-0.1, -0.05) is 50.6 Å². The normalized spacial score (nSPS) is 16.5. The van der Waals surface area contributed by atoms with Crippen LogP contribution in [-0.4, -0.2) is 14.8 Å². The predicted octanol–water partition coefficient (Wildman–Crippen LogP) is 5.92. The van der Waals surface area contributed by atoms with Crippen molar-refractivity contribution in [2.24, 2.45) is 0 Å². The zero-order valence-corrected chi connectivity index (χ0v) is 15.0. The minimum atomic E-state index is -0.970. The van der Waals surface area contributed by atoms with E-state index in [4.69, 9.17) is 11.6 Å². The van der Waals surface area contributed by atoms with E-state index in [1.54, 1.807) is 0 Å². The van der Waals surface area contributed by atoms with Gasteiger partial charge in [0.2, 0.25) is 0 Å². The van der Waals surface area contributed by atoms with Crippen LogP contribution in [0.15, 0.2) is 18.5 Å². The lowest BCUT2D eigenvalue weighted by molar-refractivity contribution is 0.337. The van der Waals surface area contributed by atoms with Gasteiger partial charge < -0.3 is 0 Å². The van der Waals surface area contributed by atoms with Crippen LogP contribution in [0, 0.1) is 0 Å². The summed E-state index contributed by atoms with van der Waals surface area (Å²) in [6.45, 7) is 3.16. The molecule has 24 heavy (non-hydrogen) atoms. The van der Waals surface area contributed by atoms with Gasteiger partial charge in [0.25, 0.3) is 0 Å². The molecule has 0 aromatic carbocycles. The number of pyridine rings is 1. The number of alkyl halides is 1. The van der Waals surface area contributed by atoms with E-state index in [1.165, 1.54) is 32.1 Å². The molecule has 3 rings (SSSR count). The Morgan fingerprint density at radius 3 is 2.88 bits per heavy atom. The van der Waals surface area contributed by atoms with Gasteiger partial charge in [-0.25, -0.2) is 9.37 Å². The second kappa shape index (κ2) is 8.11. The Balaban J connectivity index is 1.62. The molecule has 0 amide bonds. The molecule has 2 heterocycles. The molecule has 0 saturated carbocycles. The summed E-state index contributed by atoms with van der Waals surface area (Å²) < 4.78 is 15.7. The van der Waals surface area contributed by atoms with Crippen molar-refractivity contribution in [1.29, 1.82) is 0 Å². The molecule has 5 heteroatoms. The first kappa shape index (κ1) is 17.4. The summed E-state index contributed by atoms with van der Waals surface area (Å²) in [6, 6.07) is 1.98. The second-order valence-electron chi connectivity index (χ2n) is 6.64. The minimum absolute atomic E-state index is 0.373. The predicted molar refractivity (Wildman–Crippen MR) is 96.0 cm³/mol. The van der Waals surface area contributed by atoms with Crippen LogP contribution in [0.4, 0.5) is 4.39 Å². The number of nitrogens with zero attached hydrogens (tertiary/aromatic N) is 3. The molecule has 1 aliphatic rings. The third-order valence-corrected chi connectivity index (χ3v) is 5.03. The summed E-state index contributed by atoms with van der Waals surface area (Å²) in [6.07, 6.45) is 11.7. The topological polar surface area (TPSA) is 30.7 Å². The van der Waals surface area contributed by atoms with Crippen molar-refractivity contribution in [1.82, 2.24) is 14.8 Å². The van der Waals surface area contributed by atoms with E-state index < -0.39 is 6.17 Å². The first-order chi connectivity index (χ1) is 11.7. The maximum absolute atomic E-state index is 13.7. The zero-order valence-electron chi connectivity index (χ0n) is 14.3. The third kappa shape index (κ3) is 3.97. The molecule has 1 aliphatic carbocycles. The third-order valence-electron chi connectivity index (χ3n) is 4.74. The van der Waals surface area contributed by atoms with Gasteiger partial charge >= 0.3 is 0 Å². The molecule has 2 aromatic rings. The van der Waals surface area contributed by atoms with Crippen LogP contribution in [0.25, 0.3) is 11.1 Å². The highest BCUT2D eigenvalue weighted by Gasteiger charge is 2.25. The molecule has 1 unspecified atom stereocenters. The van der Waals surface area contributed by atoms with E-state index in [-0.39, 0.29) is 0 Å². The number of rotatable bonds is 8. The molecule has 0 N–H and O–H groups in total. The molecule has 0 aliphatic heterocycles.